The maximum Gasteiger partial charge on any atom is 0.0438 e. The molecule has 1 aromatic carbocycles. The Hall–Kier alpha value is -1.25. The molecule has 0 aliphatic rings. The minimum absolute atomic E-state index is 0.398. The Morgan fingerprint density at radius 1 is 1.19 bits per heavy atom. The normalized spacial score (nSPS) is 12.6. The molecule has 1 heterocycles. The fourth-order valence-electron chi connectivity index (χ4n) is 2.89. The highest BCUT2D eigenvalue weighted by atomic mass is 35.5. The summed E-state index contributed by atoms with van der Waals surface area (Å²) in [6, 6.07) is 10.8. The molecule has 1 atom stereocenters. The number of nitrogens with zero attached hydrogens (tertiary/aromatic N) is 1. The Morgan fingerprint density at radius 2 is 1.90 bits per heavy atom. The van der Waals surface area contributed by atoms with Gasteiger partial charge in [-0.15, -0.1) is 0 Å². The molecular weight excluding hydrogens is 280 g/mol. The molecule has 0 fully saturated rings. The van der Waals surface area contributed by atoms with E-state index in [1.54, 1.807) is 0 Å². The largest absolute Gasteiger partial charge is 0.349 e. The van der Waals surface area contributed by atoms with E-state index in [2.05, 4.69) is 49.7 Å². The molecule has 1 N–H and O–H groups in total. The first kappa shape index (κ1) is 16.1. The van der Waals surface area contributed by atoms with Crippen LogP contribution < -0.4 is 5.32 Å². The van der Waals surface area contributed by atoms with Crippen molar-refractivity contribution in [1.82, 2.24) is 9.88 Å². The predicted octanol–water partition coefficient (Wildman–Crippen LogP) is 4.50. The van der Waals surface area contributed by atoms with Crippen LogP contribution in [-0.2, 0) is 19.5 Å². The lowest BCUT2D eigenvalue weighted by molar-refractivity contribution is 0.543. The van der Waals surface area contributed by atoms with Crippen LogP contribution in [0.1, 0.15) is 36.4 Å². The summed E-state index contributed by atoms with van der Waals surface area (Å²) in [5.41, 5.74) is 5.30. The second-order valence-electron chi connectivity index (χ2n) is 5.72. The summed E-state index contributed by atoms with van der Waals surface area (Å²) < 4.78 is 2.36. The molecule has 1 unspecified atom stereocenters. The Balaban J connectivity index is 1.95. The number of benzene rings is 1. The number of hydrogen-bond acceptors (Lipinski definition) is 1. The van der Waals surface area contributed by atoms with Crippen molar-refractivity contribution in [3.63, 3.8) is 0 Å². The maximum atomic E-state index is 6.22. The second-order valence-corrected chi connectivity index (χ2v) is 6.13. The van der Waals surface area contributed by atoms with Crippen molar-refractivity contribution in [3.8, 4) is 0 Å². The van der Waals surface area contributed by atoms with Crippen LogP contribution in [0.15, 0.2) is 30.3 Å². The van der Waals surface area contributed by atoms with E-state index in [-0.39, 0.29) is 0 Å². The molecule has 0 amide bonds. The first-order valence-corrected chi connectivity index (χ1v) is 8.03. The van der Waals surface area contributed by atoms with E-state index in [0.717, 1.165) is 24.5 Å². The minimum Gasteiger partial charge on any atom is -0.349 e. The fraction of sp³-hybridized carbons (Fsp3) is 0.444. The summed E-state index contributed by atoms with van der Waals surface area (Å²) in [6.07, 6.45) is 0.951. The first-order chi connectivity index (χ1) is 10.0. The van der Waals surface area contributed by atoms with Crippen LogP contribution in [0.25, 0.3) is 0 Å². The second kappa shape index (κ2) is 7.15. The molecule has 1 aromatic heterocycles. The van der Waals surface area contributed by atoms with Gasteiger partial charge in [0.25, 0.3) is 0 Å². The highest BCUT2D eigenvalue weighted by Gasteiger charge is 2.10. The van der Waals surface area contributed by atoms with Gasteiger partial charge in [-0.2, -0.15) is 0 Å². The lowest BCUT2D eigenvalue weighted by atomic mass is 10.1. The molecule has 0 radical (unpaired) electrons. The zero-order valence-corrected chi connectivity index (χ0v) is 14.2. The third kappa shape index (κ3) is 3.90. The molecule has 0 bridgehead atoms. The lowest BCUT2D eigenvalue weighted by Gasteiger charge is -2.15. The van der Waals surface area contributed by atoms with Crippen molar-refractivity contribution in [2.45, 2.75) is 53.2 Å². The Bertz CT molecular complexity index is 601. The first-order valence-electron chi connectivity index (χ1n) is 7.65. The van der Waals surface area contributed by atoms with E-state index >= 15 is 0 Å². The molecule has 0 saturated carbocycles. The van der Waals surface area contributed by atoms with Crippen LogP contribution >= 0.6 is 11.6 Å². The fourth-order valence-corrected chi connectivity index (χ4v) is 3.10. The van der Waals surface area contributed by atoms with Crippen LogP contribution in [0.3, 0.4) is 0 Å². The van der Waals surface area contributed by atoms with Gasteiger partial charge < -0.3 is 9.88 Å². The van der Waals surface area contributed by atoms with E-state index in [9.17, 15) is 0 Å². The van der Waals surface area contributed by atoms with Gasteiger partial charge in [0.1, 0.15) is 0 Å². The standard InChI is InChI=1S/C18H25ClN2/c1-5-21-14(3)11-17(15(21)4)12-20-13(2)10-16-8-6-7-9-18(16)19/h6-9,11,13,20H,5,10,12H2,1-4H3. The molecule has 3 heteroatoms. The van der Waals surface area contributed by atoms with E-state index in [1.165, 1.54) is 22.5 Å². The maximum absolute atomic E-state index is 6.22. The van der Waals surface area contributed by atoms with E-state index in [0.29, 0.717) is 6.04 Å². The van der Waals surface area contributed by atoms with E-state index < -0.39 is 0 Å². The molecule has 21 heavy (non-hydrogen) atoms. The topological polar surface area (TPSA) is 17.0 Å². The van der Waals surface area contributed by atoms with Crippen LogP contribution in [0.2, 0.25) is 5.02 Å². The van der Waals surface area contributed by atoms with Gasteiger partial charge in [0.15, 0.2) is 0 Å². The van der Waals surface area contributed by atoms with Crippen LogP contribution in [-0.4, -0.2) is 10.6 Å². The molecule has 0 aliphatic carbocycles. The highest BCUT2D eigenvalue weighted by molar-refractivity contribution is 6.31. The van der Waals surface area contributed by atoms with Crippen molar-refractivity contribution in [1.29, 1.82) is 0 Å². The SMILES string of the molecule is CCn1c(C)cc(CNC(C)Cc2ccccc2Cl)c1C. The van der Waals surface area contributed by atoms with Gasteiger partial charge in [-0.25, -0.2) is 0 Å². The van der Waals surface area contributed by atoms with E-state index in [4.69, 9.17) is 11.6 Å². The number of halogens is 1. The van der Waals surface area contributed by atoms with Gasteiger partial charge in [0.2, 0.25) is 0 Å². The highest BCUT2D eigenvalue weighted by Crippen LogP contribution is 2.18. The van der Waals surface area contributed by atoms with Gasteiger partial charge >= 0.3 is 0 Å². The molecule has 0 aliphatic heterocycles. The van der Waals surface area contributed by atoms with E-state index in [1.807, 2.05) is 18.2 Å². The number of hydrogen-bond donors (Lipinski definition) is 1. The van der Waals surface area contributed by atoms with Gasteiger partial charge in [-0.3, -0.25) is 0 Å². The predicted molar refractivity (Wildman–Crippen MR) is 91.0 cm³/mol. The van der Waals surface area contributed by atoms with Crippen molar-refractivity contribution in [2.24, 2.45) is 0 Å². The molecule has 114 valence electrons. The molecule has 0 spiro atoms. The smallest absolute Gasteiger partial charge is 0.0438 e. The van der Waals surface area contributed by atoms with Crippen molar-refractivity contribution >= 4 is 11.6 Å². The van der Waals surface area contributed by atoms with Crippen molar-refractivity contribution in [3.05, 3.63) is 57.9 Å². The average Bonchev–Trinajstić information content (AvgIpc) is 2.73. The average molecular weight is 305 g/mol. The van der Waals surface area contributed by atoms with Gasteiger partial charge in [-0.1, -0.05) is 29.8 Å². The molecular formula is C18H25ClN2. The summed E-state index contributed by atoms with van der Waals surface area (Å²) in [5.74, 6) is 0. The molecule has 2 aromatic rings. The lowest BCUT2D eigenvalue weighted by Crippen LogP contribution is -2.27. The minimum atomic E-state index is 0.398. The van der Waals surface area contributed by atoms with Crippen LogP contribution in [0, 0.1) is 13.8 Å². The van der Waals surface area contributed by atoms with Crippen LogP contribution in [0.4, 0.5) is 0 Å². The molecule has 2 nitrogen and oxygen atoms in total. The van der Waals surface area contributed by atoms with Gasteiger partial charge in [-0.05, 0) is 57.4 Å². The van der Waals surface area contributed by atoms with Crippen LogP contribution in [0.5, 0.6) is 0 Å². The Morgan fingerprint density at radius 3 is 2.52 bits per heavy atom. The zero-order valence-electron chi connectivity index (χ0n) is 13.4. The van der Waals surface area contributed by atoms with Crippen molar-refractivity contribution < 1.29 is 0 Å². The molecule has 2 rings (SSSR count). The quantitative estimate of drug-likeness (QED) is 0.831. The molecule has 0 saturated heterocycles. The number of rotatable bonds is 6. The monoisotopic (exact) mass is 304 g/mol. The van der Waals surface area contributed by atoms with Gasteiger partial charge in [0.05, 0.1) is 0 Å². The Kier molecular flexibility index (Phi) is 5.49. The number of nitrogens with one attached hydrogen (secondary N) is 1. The third-order valence-corrected chi connectivity index (χ3v) is 4.49. The van der Waals surface area contributed by atoms with Crippen molar-refractivity contribution in [2.75, 3.05) is 0 Å². The number of aromatic nitrogens is 1. The summed E-state index contributed by atoms with van der Waals surface area (Å²) in [6.45, 7) is 10.7. The summed E-state index contributed by atoms with van der Waals surface area (Å²) >= 11 is 6.22. The van der Waals surface area contributed by atoms with Gasteiger partial charge in [0, 0.05) is 35.5 Å². The summed E-state index contributed by atoms with van der Waals surface area (Å²) in [4.78, 5) is 0. The Labute approximate surface area is 133 Å². The summed E-state index contributed by atoms with van der Waals surface area (Å²) in [7, 11) is 0. The number of aryl methyl sites for hydroxylation is 1. The zero-order chi connectivity index (χ0) is 15.4. The third-order valence-electron chi connectivity index (χ3n) is 4.12. The summed E-state index contributed by atoms with van der Waals surface area (Å²) in [5, 5.41) is 4.46.